The van der Waals surface area contributed by atoms with Crippen LogP contribution < -0.4 is 10.9 Å². The van der Waals surface area contributed by atoms with Gasteiger partial charge in [-0.25, -0.2) is 4.98 Å². The Morgan fingerprint density at radius 3 is 2.43 bits per heavy atom. The molecule has 0 unspecified atom stereocenters. The lowest BCUT2D eigenvalue weighted by Crippen LogP contribution is -2.28. The number of aromatic nitrogens is 2. The molecule has 5 nitrogen and oxygen atoms in total. The van der Waals surface area contributed by atoms with E-state index in [1.54, 1.807) is 10.6 Å². The molecule has 0 saturated carbocycles. The van der Waals surface area contributed by atoms with Crippen LogP contribution in [-0.4, -0.2) is 20.7 Å². The van der Waals surface area contributed by atoms with Crippen LogP contribution in [0.5, 0.6) is 0 Å². The SMILES string of the molecule is CC(C)n1c(S[C@H](C)C(=O)Nc2ccc3ccccc3c2)nc2ccccc2c1=O. The normalized spacial score (nSPS) is 12.4. The van der Waals surface area contributed by atoms with Crippen LogP contribution >= 0.6 is 11.8 Å². The van der Waals surface area contributed by atoms with Gasteiger partial charge in [0.1, 0.15) is 0 Å². The van der Waals surface area contributed by atoms with E-state index in [1.165, 1.54) is 11.8 Å². The zero-order chi connectivity index (χ0) is 21.3. The highest BCUT2D eigenvalue weighted by molar-refractivity contribution is 8.00. The van der Waals surface area contributed by atoms with Crippen LogP contribution in [0.4, 0.5) is 5.69 Å². The van der Waals surface area contributed by atoms with Gasteiger partial charge in [0.2, 0.25) is 5.91 Å². The molecule has 0 aliphatic carbocycles. The Morgan fingerprint density at radius 2 is 1.67 bits per heavy atom. The number of fused-ring (bicyclic) bond motifs is 2. The van der Waals surface area contributed by atoms with Crippen LogP contribution in [0.3, 0.4) is 0 Å². The molecule has 3 aromatic carbocycles. The molecule has 0 radical (unpaired) electrons. The summed E-state index contributed by atoms with van der Waals surface area (Å²) in [6, 6.07) is 21.1. The topological polar surface area (TPSA) is 64.0 Å². The third-order valence-corrected chi connectivity index (χ3v) is 6.03. The van der Waals surface area contributed by atoms with Gasteiger partial charge in [-0.2, -0.15) is 0 Å². The number of carbonyl (C=O) groups excluding carboxylic acids is 1. The predicted octanol–water partition coefficient (Wildman–Crippen LogP) is 5.25. The molecule has 1 atom stereocenters. The summed E-state index contributed by atoms with van der Waals surface area (Å²) >= 11 is 1.30. The van der Waals surface area contributed by atoms with Gasteiger partial charge in [-0.1, -0.05) is 54.2 Å². The highest BCUT2D eigenvalue weighted by Gasteiger charge is 2.20. The third-order valence-electron chi connectivity index (χ3n) is 4.96. The van der Waals surface area contributed by atoms with Crippen LogP contribution in [0.25, 0.3) is 21.7 Å². The van der Waals surface area contributed by atoms with Crippen molar-refractivity contribution in [2.24, 2.45) is 0 Å². The molecule has 6 heteroatoms. The lowest BCUT2D eigenvalue weighted by Gasteiger charge is -2.18. The highest BCUT2D eigenvalue weighted by atomic mass is 32.2. The Kier molecular flexibility index (Phi) is 5.59. The number of hydrogen-bond acceptors (Lipinski definition) is 4. The second-order valence-electron chi connectivity index (χ2n) is 7.49. The Balaban J connectivity index is 1.60. The molecule has 4 rings (SSSR count). The van der Waals surface area contributed by atoms with Gasteiger partial charge in [0, 0.05) is 11.7 Å². The number of hydrogen-bond donors (Lipinski definition) is 1. The van der Waals surface area contributed by atoms with E-state index in [4.69, 9.17) is 0 Å². The van der Waals surface area contributed by atoms with Crippen LogP contribution in [0.1, 0.15) is 26.8 Å². The van der Waals surface area contributed by atoms with Crippen molar-refractivity contribution in [1.82, 2.24) is 9.55 Å². The van der Waals surface area contributed by atoms with Crippen LogP contribution in [-0.2, 0) is 4.79 Å². The van der Waals surface area contributed by atoms with Gasteiger partial charge in [0.05, 0.1) is 16.2 Å². The molecule has 152 valence electrons. The van der Waals surface area contributed by atoms with Gasteiger partial charge in [-0.3, -0.25) is 14.2 Å². The average molecular weight is 418 g/mol. The van der Waals surface area contributed by atoms with Crippen molar-refractivity contribution in [2.75, 3.05) is 5.32 Å². The van der Waals surface area contributed by atoms with E-state index in [0.717, 1.165) is 16.5 Å². The molecule has 0 spiro atoms. The number of carbonyl (C=O) groups is 1. The summed E-state index contributed by atoms with van der Waals surface area (Å²) < 4.78 is 1.66. The average Bonchev–Trinajstić information content (AvgIpc) is 2.73. The van der Waals surface area contributed by atoms with Gasteiger partial charge in [-0.15, -0.1) is 0 Å². The quantitative estimate of drug-likeness (QED) is 0.356. The van der Waals surface area contributed by atoms with Gasteiger partial charge >= 0.3 is 0 Å². The monoisotopic (exact) mass is 417 g/mol. The lowest BCUT2D eigenvalue weighted by molar-refractivity contribution is -0.115. The first kappa shape index (κ1) is 20.2. The first-order valence-electron chi connectivity index (χ1n) is 9.91. The minimum absolute atomic E-state index is 0.0622. The number of para-hydroxylation sites is 1. The minimum atomic E-state index is -0.422. The zero-order valence-electron chi connectivity index (χ0n) is 17.1. The standard InChI is InChI=1S/C24H23N3O2S/c1-15(2)27-23(29)20-10-6-7-11-21(20)26-24(27)30-16(3)22(28)25-19-13-12-17-8-4-5-9-18(17)14-19/h4-16H,1-3H3,(H,25,28)/t16-/m1/s1. The summed E-state index contributed by atoms with van der Waals surface area (Å²) in [6.45, 7) is 5.72. The largest absolute Gasteiger partial charge is 0.325 e. The molecule has 0 bridgehead atoms. The van der Waals surface area contributed by atoms with E-state index in [1.807, 2.05) is 81.4 Å². The Morgan fingerprint density at radius 1 is 0.967 bits per heavy atom. The van der Waals surface area contributed by atoms with Gasteiger partial charge in [-0.05, 0) is 55.8 Å². The first-order chi connectivity index (χ1) is 14.4. The number of nitrogens with one attached hydrogen (secondary N) is 1. The summed E-state index contributed by atoms with van der Waals surface area (Å²) in [6.07, 6.45) is 0. The second-order valence-corrected chi connectivity index (χ2v) is 8.80. The van der Waals surface area contributed by atoms with E-state index >= 15 is 0 Å². The molecule has 1 amide bonds. The molecule has 1 aromatic heterocycles. The van der Waals surface area contributed by atoms with Crippen LogP contribution in [0.15, 0.2) is 76.7 Å². The van der Waals surface area contributed by atoms with E-state index in [0.29, 0.717) is 16.1 Å². The fourth-order valence-corrected chi connectivity index (χ4v) is 4.43. The highest BCUT2D eigenvalue weighted by Crippen LogP contribution is 2.26. The Bertz CT molecular complexity index is 1300. The molecule has 4 aromatic rings. The van der Waals surface area contributed by atoms with Crippen molar-refractivity contribution in [3.05, 3.63) is 77.1 Å². The van der Waals surface area contributed by atoms with Gasteiger partial charge < -0.3 is 5.32 Å². The molecule has 30 heavy (non-hydrogen) atoms. The molecule has 0 aliphatic heterocycles. The van der Waals surface area contributed by atoms with E-state index in [-0.39, 0.29) is 17.5 Å². The number of benzene rings is 3. The summed E-state index contributed by atoms with van der Waals surface area (Å²) in [7, 11) is 0. The summed E-state index contributed by atoms with van der Waals surface area (Å²) in [5.41, 5.74) is 1.31. The summed E-state index contributed by atoms with van der Waals surface area (Å²) in [5, 5.41) is 5.89. The predicted molar refractivity (Wildman–Crippen MR) is 124 cm³/mol. The zero-order valence-corrected chi connectivity index (χ0v) is 17.9. The summed E-state index contributed by atoms with van der Waals surface area (Å²) in [4.78, 5) is 30.5. The van der Waals surface area contributed by atoms with E-state index in [9.17, 15) is 9.59 Å². The molecular formula is C24H23N3O2S. The molecule has 1 heterocycles. The molecule has 0 aliphatic rings. The van der Waals surface area contributed by atoms with Crippen molar-refractivity contribution in [3.8, 4) is 0 Å². The number of thioether (sulfide) groups is 1. The van der Waals surface area contributed by atoms with Crippen LogP contribution in [0, 0.1) is 0 Å². The molecule has 1 N–H and O–H groups in total. The lowest BCUT2D eigenvalue weighted by atomic mass is 10.1. The molecule has 0 saturated heterocycles. The molecule has 0 fully saturated rings. The van der Waals surface area contributed by atoms with Crippen molar-refractivity contribution in [2.45, 2.75) is 37.2 Å². The van der Waals surface area contributed by atoms with Gasteiger partial charge in [0.15, 0.2) is 5.16 Å². The van der Waals surface area contributed by atoms with Crippen LogP contribution in [0.2, 0.25) is 0 Å². The van der Waals surface area contributed by atoms with Gasteiger partial charge in [0.25, 0.3) is 5.56 Å². The van der Waals surface area contributed by atoms with Crippen molar-refractivity contribution in [3.63, 3.8) is 0 Å². The van der Waals surface area contributed by atoms with E-state index < -0.39 is 5.25 Å². The number of anilines is 1. The molecular weight excluding hydrogens is 394 g/mol. The Hall–Kier alpha value is -3.12. The van der Waals surface area contributed by atoms with Crippen molar-refractivity contribution in [1.29, 1.82) is 0 Å². The minimum Gasteiger partial charge on any atom is -0.325 e. The smallest absolute Gasteiger partial charge is 0.262 e. The third kappa shape index (κ3) is 3.96. The number of nitrogens with zero attached hydrogens (tertiary/aromatic N) is 2. The summed E-state index contributed by atoms with van der Waals surface area (Å²) in [5.74, 6) is -0.131. The maximum Gasteiger partial charge on any atom is 0.262 e. The number of rotatable bonds is 5. The Labute approximate surface area is 179 Å². The first-order valence-corrected chi connectivity index (χ1v) is 10.8. The maximum atomic E-state index is 13.0. The number of amides is 1. The van der Waals surface area contributed by atoms with E-state index in [2.05, 4.69) is 10.3 Å². The fourth-order valence-electron chi connectivity index (χ4n) is 3.39. The van der Waals surface area contributed by atoms with Crippen molar-refractivity contribution < 1.29 is 4.79 Å². The second kappa shape index (κ2) is 8.32. The van der Waals surface area contributed by atoms with Crippen molar-refractivity contribution >= 4 is 45.0 Å². The maximum absolute atomic E-state index is 13.0. The fraction of sp³-hybridized carbons (Fsp3) is 0.208.